The molecule has 2 fully saturated rings. The quantitative estimate of drug-likeness (QED) is 0.831. The molecular formula is C17H24FN3O2. The second-order valence-corrected chi connectivity index (χ2v) is 6.57. The highest BCUT2D eigenvalue weighted by atomic mass is 19.1. The van der Waals surface area contributed by atoms with E-state index in [-0.39, 0.29) is 29.6 Å². The van der Waals surface area contributed by atoms with E-state index in [2.05, 4.69) is 23.9 Å². The SMILES string of the molecule is CN1CCN(C)C(CC(=O)N2CC(Oc3ccccc3F)C2)C1. The largest absolute Gasteiger partial charge is 0.484 e. The molecule has 1 aromatic rings. The van der Waals surface area contributed by atoms with Crippen molar-refractivity contribution in [1.29, 1.82) is 0 Å². The number of para-hydroxylation sites is 1. The number of amides is 1. The number of nitrogens with zero attached hydrogens (tertiary/aromatic N) is 3. The highest BCUT2D eigenvalue weighted by Gasteiger charge is 2.35. The van der Waals surface area contributed by atoms with E-state index < -0.39 is 0 Å². The lowest BCUT2D eigenvalue weighted by atomic mass is 10.1. The summed E-state index contributed by atoms with van der Waals surface area (Å²) >= 11 is 0. The smallest absolute Gasteiger partial charge is 0.224 e. The van der Waals surface area contributed by atoms with Gasteiger partial charge in [0.1, 0.15) is 6.10 Å². The van der Waals surface area contributed by atoms with Crippen LogP contribution in [0.3, 0.4) is 0 Å². The Balaban J connectivity index is 1.45. The maximum absolute atomic E-state index is 13.5. The lowest BCUT2D eigenvalue weighted by Crippen LogP contribution is -2.58. The maximum Gasteiger partial charge on any atom is 0.224 e. The highest BCUT2D eigenvalue weighted by Crippen LogP contribution is 2.22. The standard InChI is InChI=1S/C17H24FN3O2/c1-19-7-8-20(2)13(10-19)9-17(22)21-11-14(12-21)23-16-6-4-3-5-15(16)18/h3-6,13-14H,7-12H2,1-2H3. The predicted molar refractivity (Wildman–Crippen MR) is 85.9 cm³/mol. The Bertz CT molecular complexity index is 563. The number of hydrogen-bond acceptors (Lipinski definition) is 4. The monoisotopic (exact) mass is 321 g/mol. The van der Waals surface area contributed by atoms with Gasteiger partial charge in [-0.1, -0.05) is 12.1 Å². The van der Waals surface area contributed by atoms with Crippen LogP contribution in [0, 0.1) is 5.82 Å². The van der Waals surface area contributed by atoms with Gasteiger partial charge in [0, 0.05) is 32.1 Å². The number of carbonyl (C=O) groups is 1. The number of benzene rings is 1. The van der Waals surface area contributed by atoms with Crippen molar-refractivity contribution in [2.45, 2.75) is 18.6 Å². The molecule has 5 nitrogen and oxygen atoms in total. The van der Waals surface area contributed by atoms with Gasteiger partial charge in [-0.2, -0.15) is 0 Å². The number of halogens is 1. The molecule has 23 heavy (non-hydrogen) atoms. The molecule has 126 valence electrons. The summed E-state index contributed by atoms with van der Waals surface area (Å²) in [4.78, 5) is 18.7. The molecule has 0 saturated carbocycles. The van der Waals surface area contributed by atoms with Gasteiger partial charge in [0.05, 0.1) is 13.1 Å². The molecule has 0 bridgehead atoms. The summed E-state index contributed by atoms with van der Waals surface area (Å²) in [5.74, 6) is 0.0629. The zero-order valence-corrected chi connectivity index (χ0v) is 13.7. The van der Waals surface area contributed by atoms with Crippen LogP contribution in [0.4, 0.5) is 4.39 Å². The lowest BCUT2D eigenvalue weighted by molar-refractivity contribution is -0.141. The number of likely N-dealkylation sites (tertiary alicyclic amines) is 1. The molecular weight excluding hydrogens is 297 g/mol. The normalized spacial score (nSPS) is 23.6. The molecule has 3 rings (SSSR count). The maximum atomic E-state index is 13.5. The van der Waals surface area contributed by atoms with Crippen LogP contribution in [0.2, 0.25) is 0 Å². The van der Waals surface area contributed by atoms with Crippen molar-refractivity contribution >= 4 is 5.91 Å². The molecule has 2 saturated heterocycles. The van der Waals surface area contributed by atoms with Crippen LogP contribution >= 0.6 is 0 Å². The van der Waals surface area contributed by atoms with Crippen molar-refractivity contribution in [2.75, 3.05) is 46.8 Å². The van der Waals surface area contributed by atoms with Gasteiger partial charge in [0.2, 0.25) is 5.91 Å². The zero-order valence-electron chi connectivity index (χ0n) is 13.7. The minimum atomic E-state index is -0.357. The van der Waals surface area contributed by atoms with Crippen molar-refractivity contribution in [3.05, 3.63) is 30.1 Å². The number of ether oxygens (including phenoxy) is 1. The van der Waals surface area contributed by atoms with Crippen LogP contribution in [-0.4, -0.2) is 79.6 Å². The van der Waals surface area contributed by atoms with E-state index >= 15 is 0 Å². The van der Waals surface area contributed by atoms with Crippen molar-refractivity contribution in [2.24, 2.45) is 0 Å². The molecule has 0 N–H and O–H groups in total. The Morgan fingerprint density at radius 1 is 1.22 bits per heavy atom. The predicted octanol–water partition coefficient (Wildman–Crippen LogP) is 1.05. The third kappa shape index (κ3) is 3.82. The van der Waals surface area contributed by atoms with Gasteiger partial charge < -0.3 is 19.4 Å². The lowest BCUT2D eigenvalue weighted by Gasteiger charge is -2.42. The fourth-order valence-electron chi connectivity index (χ4n) is 3.09. The van der Waals surface area contributed by atoms with E-state index in [0.29, 0.717) is 19.5 Å². The van der Waals surface area contributed by atoms with Crippen molar-refractivity contribution in [1.82, 2.24) is 14.7 Å². The van der Waals surface area contributed by atoms with Crippen LogP contribution in [0.25, 0.3) is 0 Å². The molecule has 1 aromatic carbocycles. The van der Waals surface area contributed by atoms with E-state index in [1.807, 2.05) is 0 Å². The summed E-state index contributed by atoms with van der Waals surface area (Å²) in [5.41, 5.74) is 0. The summed E-state index contributed by atoms with van der Waals surface area (Å²) in [6.07, 6.45) is 0.426. The molecule has 0 radical (unpaired) electrons. The first-order valence-electron chi connectivity index (χ1n) is 8.10. The molecule has 0 spiro atoms. The average Bonchev–Trinajstić information content (AvgIpc) is 2.48. The minimum absolute atomic E-state index is 0.109. The number of likely N-dealkylation sites (N-methyl/N-ethyl adjacent to an activating group) is 2. The Labute approximate surface area is 136 Å². The molecule has 2 aliphatic rings. The van der Waals surface area contributed by atoms with Crippen molar-refractivity contribution in [3.63, 3.8) is 0 Å². The van der Waals surface area contributed by atoms with Crippen LogP contribution < -0.4 is 4.74 Å². The summed E-state index contributed by atoms with van der Waals surface area (Å²) in [7, 11) is 4.16. The van der Waals surface area contributed by atoms with Gasteiger partial charge in [-0.3, -0.25) is 4.79 Å². The topological polar surface area (TPSA) is 36.0 Å². The summed E-state index contributed by atoms with van der Waals surface area (Å²) in [5, 5.41) is 0. The van der Waals surface area contributed by atoms with Gasteiger partial charge >= 0.3 is 0 Å². The first-order chi connectivity index (χ1) is 11.0. The second-order valence-electron chi connectivity index (χ2n) is 6.57. The van der Waals surface area contributed by atoms with E-state index in [0.717, 1.165) is 19.6 Å². The van der Waals surface area contributed by atoms with Crippen LogP contribution in [0.1, 0.15) is 6.42 Å². The van der Waals surface area contributed by atoms with Gasteiger partial charge in [-0.25, -0.2) is 4.39 Å². The third-order valence-corrected chi connectivity index (χ3v) is 4.72. The van der Waals surface area contributed by atoms with Gasteiger partial charge in [-0.15, -0.1) is 0 Å². The van der Waals surface area contributed by atoms with Crippen molar-refractivity contribution in [3.8, 4) is 5.75 Å². The molecule has 2 aliphatic heterocycles. The van der Waals surface area contributed by atoms with Gasteiger partial charge in [0.15, 0.2) is 11.6 Å². The Hall–Kier alpha value is -1.66. The van der Waals surface area contributed by atoms with Gasteiger partial charge in [0.25, 0.3) is 0 Å². The van der Waals surface area contributed by atoms with Crippen LogP contribution in [-0.2, 0) is 4.79 Å². The molecule has 1 atom stereocenters. The zero-order chi connectivity index (χ0) is 16.4. The molecule has 6 heteroatoms. The third-order valence-electron chi connectivity index (χ3n) is 4.72. The summed E-state index contributed by atoms with van der Waals surface area (Å²) < 4.78 is 19.1. The van der Waals surface area contributed by atoms with E-state index in [1.54, 1.807) is 23.1 Å². The Kier molecular flexibility index (Phi) is 4.82. The van der Waals surface area contributed by atoms with Crippen molar-refractivity contribution < 1.29 is 13.9 Å². The van der Waals surface area contributed by atoms with Crippen LogP contribution in [0.15, 0.2) is 24.3 Å². The number of hydrogen-bond donors (Lipinski definition) is 0. The van der Waals surface area contributed by atoms with E-state index in [9.17, 15) is 9.18 Å². The second kappa shape index (κ2) is 6.84. The number of carbonyl (C=O) groups excluding carboxylic acids is 1. The average molecular weight is 321 g/mol. The molecule has 0 aliphatic carbocycles. The molecule has 1 amide bonds. The summed E-state index contributed by atoms with van der Waals surface area (Å²) in [6.45, 7) is 4.04. The fourth-order valence-corrected chi connectivity index (χ4v) is 3.09. The fraction of sp³-hybridized carbons (Fsp3) is 0.588. The Morgan fingerprint density at radius 3 is 2.70 bits per heavy atom. The summed E-state index contributed by atoms with van der Waals surface area (Å²) in [6, 6.07) is 6.65. The first kappa shape index (κ1) is 16.2. The van der Waals surface area contributed by atoms with Crippen LogP contribution in [0.5, 0.6) is 5.75 Å². The minimum Gasteiger partial charge on any atom is -0.484 e. The molecule has 1 unspecified atom stereocenters. The van der Waals surface area contributed by atoms with E-state index in [1.165, 1.54) is 6.07 Å². The Morgan fingerprint density at radius 2 is 1.96 bits per heavy atom. The highest BCUT2D eigenvalue weighted by molar-refractivity contribution is 5.77. The number of piperazine rings is 1. The van der Waals surface area contributed by atoms with E-state index in [4.69, 9.17) is 4.74 Å². The first-order valence-corrected chi connectivity index (χ1v) is 8.10. The molecule has 2 heterocycles. The molecule has 0 aromatic heterocycles. The van der Waals surface area contributed by atoms with Gasteiger partial charge in [-0.05, 0) is 26.2 Å². The number of rotatable bonds is 4.